The molecule has 0 bridgehead atoms. The Labute approximate surface area is 167 Å². The Bertz CT molecular complexity index is 820. The van der Waals surface area contributed by atoms with Gasteiger partial charge in [-0.3, -0.25) is 9.98 Å². The lowest BCUT2D eigenvalue weighted by atomic mass is 10.0. The van der Waals surface area contributed by atoms with Crippen LogP contribution in [0, 0.1) is 19.7 Å². The molecule has 1 unspecified atom stereocenters. The number of nitrogens with one attached hydrogen (secondary N) is 2. The predicted molar refractivity (Wildman–Crippen MR) is 114 cm³/mol. The highest BCUT2D eigenvalue weighted by atomic mass is 19.1. The first kappa shape index (κ1) is 20.1. The van der Waals surface area contributed by atoms with E-state index in [1.54, 1.807) is 13.1 Å². The van der Waals surface area contributed by atoms with E-state index in [2.05, 4.69) is 38.5 Å². The summed E-state index contributed by atoms with van der Waals surface area (Å²) >= 11 is 0. The third-order valence-electron chi connectivity index (χ3n) is 5.25. The molecule has 1 aliphatic rings. The summed E-state index contributed by atoms with van der Waals surface area (Å²) in [5, 5.41) is 6.90. The summed E-state index contributed by atoms with van der Waals surface area (Å²) in [6.45, 7) is 6.53. The number of aliphatic imine (C=N–C) groups is 1. The van der Waals surface area contributed by atoms with E-state index in [0.717, 1.165) is 50.4 Å². The van der Waals surface area contributed by atoms with Gasteiger partial charge in [-0.25, -0.2) is 4.39 Å². The first-order chi connectivity index (χ1) is 13.6. The van der Waals surface area contributed by atoms with Crippen molar-refractivity contribution in [1.29, 1.82) is 0 Å². The first-order valence-electron chi connectivity index (χ1n) is 9.94. The van der Waals surface area contributed by atoms with Gasteiger partial charge < -0.3 is 15.5 Å². The monoisotopic (exact) mass is 383 g/mol. The Balaban J connectivity index is 1.54. The average molecular weight is 384 g/mol. The molecule has 0 aliphatic carbocycles. The van der Waals surface area contributed by atoms with E-state index in [1.165, 1.54) is 11.1 Å². The molecule has 0 radical (unpaired) electrons. The van der Waals surface area contributed by atoms with E-state index in [1.807, 2.05) is 31.5 Å². The highest BCUT2D eigenvalue weighted by molar-refractivity contribution is 5.80. The summed E-state index contributed by atoms with van der Waals surface area (Å²) in [6, 6.07) is 7.60. The van der Waals surface area contributed by atoms with Crippen LogP contribution in [0.3, 0.4) is 0 Å². The van der Waals surface area contributed by atoms with E-state index >= 15 is 0 Å². The summed E-state index contributed by atoms with van der Waals surface area (Å²) in [6.07, 6.45) is 6.71. The second kappa shape index (κ2) is 9.53. The fourth-order valence-corrected chi connectivity index (χ4v) is 3.67. The van der Waals surface area contributed by atoms with Gasteiger partial charge in [-0.1, -0.05) is 6.07 Å². The van der Waals surface area contributed by atoms with Gasteiger partial charge in [-0.2, -0.15) is 0 Å². The Morgan fingerprint density at radius 1 is 1.32 bits per heavy atom. The summed E-state index contributed by atoms with van der Waals surface area (Å²) < 4.78 is 14.3. The van der Waals surface area contributed by atoms with E-state index in [-0.39, 0.29) is 11.9 Å². The average Bonchev–Trinajstić information content (AvgIpc) is 2.70. The van der Waals surface area contributed by atoms with Crippen molar-refractivity contribution in [2.45, 2.75) is 39.2 Å². The lowest BCUT2D eigenvalue weighted by Crippen LogP contribution is -2.51. The second-order valence-electron chi connectivity index (χ2n) is 7.44. The zero-order valence-corrected chi connectivity index (χ0v) is 17.0. The minimum absolute atomic E-state index is 0.151. The molecule has 2 heterocycles. The van der Waals surface area contributed by atoms with Crippen molar-refractivity contribution >= 4 is 11.6 Å². The van der Waals surface area contributed by atoms with Crippen molar-refractivity contribution in [2.24, 2.45) is 4.99 Å². The van der Waals surface area contributed by atoms with Crippen LogP contribution in [0.15, 0.2) is 41.7 Å². The van der Waals surface area contributed by atoms with Crippen LogP contribution in [0.2, 0.25) is 0 Å². The standard InChI is InChI=1S/C22H30FN5/c1-16-6-7-20(23)21(13-16)28-12-4-5-19(15-28)27-22(24-3)26-11-9-18-8-10-25-14-17(18)2/h6-8,10,13-14,19H,4-5,9,11-12,15H2,1-3H3,(H2,24,26,27). The molecular formula is C22H30FN5. The highest BCUT2D eigenvalue weighted by Gasteiger charge is 2.22. The molecule has 6 heteroatoms. The van der Waals surface area contributed by atoms with E-state index in [9.17, 15) is 4.39 Å². The first-order valence-corrected chi connectivity index (χ1v) is 9.94. The van der Waals surface area contributed by atoms with E-state index in [4.69, 9.17) is 0 Å². The number of aromatic nitrogens is 1. The number of aryl methyl sites for hydroxylation is 2. The van der Waals surface area contributed by atoms with Crippen LogP contribution in [0.1, 0.15) is 29.5 Å². The molecule has 28 heavy (non-hydrogen) atoms. The number of hydrogen-bond acceptors (Lipinski definition) is 3. The van der Waals surface area contributed by atoms with Gasteiger partial charge in [-0.15, -0.1) is 0 Å². The minimum Gasteiger partial charge on any atom is -0.367 e. The fraction of sp³-hybridized carbons (Fsp3) is 0.455. The molecule has 1 aromatic heterocycles. The molecule has 1 aliphatic heterocycles. The number of rotatable bonds is 5. The molecule has 5 nitrogen and oxygen atoms in total. The second-order valence-corrected chi connectivity index (χ2v) is 7.44. The molecule has 0 amide bonds. The number of guanidine groups is 1. The van der Waals surface area contributed by atoms with Crippen molar-refractivity contribution in [1.82, 2.24) is 15.6 Å². The van der Waals surface area contributed by atoms with Crippen molar-refractivity contribution < 1.29 is 4.39 Å². The number of nitrogens with zero attached hydrogens (tertiary/aromatic N) is 3. The van der Waals surface area contributed by atoms with Gasteiger partial charge in [0.05, 0.1) is 5.69 Å². The summed E-state index contributed by atoms with van der Waals surface area (Å²) in [5.74, 6) is 0.643. The van der Waals surface area contributed by atoms with Crippen LogP contribution < -0.4 is 15.5 Å². The van der Waals surface area contributed by atoms with Crippen LogP contribution in [0.5, 0.6) is 0 Å². The Morgan fingerprint density at radius 2 is 2.18 bits per heavy atom. The molecule has 1 saturated heterocycles. The molecule has 1 atom stereocenters. The molecule has 3 rings (SSSR count). The Morgan fingerprint density at radius 3 is 2.96 bits per heavy atom. The summed E-state index contributed by atoms with van der Waals surface area (Å²) in [7, 11) is 1.79. The van der Waals surface area contributed by atoms with E-state index in [0.29, 0.717) is 5.69 Å². The smallest absolute Gasteiger partial charge is 0.191 e. The maximum atomic E-state index is 14.3. The molecule has 2 aromatic rings. The predicted octanol–water partition coefficient (Wildman–Crippen LogP) is 3.21. The summed E-state index contributed by atoms with van der Waals surface area (Å²) in [4.78, 5) is 10.6. The number of halogens is 1. The molecule has 0 spiro atoms. The van der Waals surface area contributed by atoms with Crippen LogP contribution in [-0.2, 0) is 6.42 Å². The molecule has 1 aromatic carbocycles. The van der Waals surface area contributed by atoms with Gasteiger partial charge in [0.2, 0.25) is 0 Å². The largest absolute Gasteiger partial charge is 0.367 e. The van der Waals surface area contributed by atoms with Gasteiger partial charge in [0.15, 0.2) is 5.96 Å². The van der Waals surface area contributed by atoms with Gasteiger partial charge in [0.1, 0.15) is 5.82 Å². The quantitative estimate of drug-likeness (QED) is 0.615. The molecule has 2 N–H and O–H groups in total. The maximum Gasteiger partial charge on any atom is 0.191 e. The van der Waals surface area contributed by atoms with Crippen molar-refractivity contribution in [3.05, 3.63) is 59.2 Å². The van der Waals surface area contributed by atoms with Crippen LogP contribution in [0.25, 0.3) is 0 Å². The Kier molecular flexibility index (Phi) is 6.85. The SMILES string of the molecule is CN=C(NCCc1ccncc1C)NC1CCCN(c2cc(C)ccc2F)C1. The van der Waals surface area contributed by atoms with Crippen LogP contribution in [0.4, 0.5) is 10.1 Å². The van der Waals surface area contributed by atoms with Crippen molar-refractivity contribution in [3.63, 3.8) is 0 Å². The molecular weight excluding hydrogens is 353 g/mol. The molecule has 150 valence electrons. The molecule has 0 saturated carbocycles. The van der Waals surface area contributed by atoms with Crippen LogP contribution in [-0.4, -0.2) is 43.7 Å². The Hall–Kier alpha value is -2.63. The van der Waals surface area contributed by atoms with Gasteiger partial charge in [-0.05, 0) is 68.0 Å². The van der Waals surface area contributed by atoms with Crippen molar-refractivity contribution in [2.75, 3.05) is 31.6 Å². The topological polar surface area (TPSA) is 52.6 Å². The number of benzene rings is 1. The number of hydrogen-bond donors (Lipinski definition) is 2. The highest BCUT2D eigenvalue weighted by Crippen LogP contribution is 2.24. The fourth-order valence-electron chi connectivity index (χ4n) is 3.67. The molecule has 1 fully saturated rings. The summed E-state index contributed by atoms with van der Waals surface area (Å²) in [5.41, 5.74) is 4.27. The zero-order valence-electron chi connectivity index (χ0n) is 17.0. The minimum atomic E-state index is -0.151. The number of anilines is 1. The van der Waals surface area contributed by atoms with Gasteiger partial charge >= 0.3 is 0 Å². The van der Waals surface area contributed by atoms with Gasteiger partial charge in [0, 0.05) is 45.1 Å². The lowest BCUT2D eigenvalue weighted by molar-refractivity contribution is 0.463. The van der Waals surface area contributed by atoms with E-state index < -0.39 is 0 Å². The third-order valence-corrected chi connectivity index (χ3v) is 5.25. The zero-order chi connectivity index (χ0) is 19.9. The maximum absolute atomic E-state index is 14.3. The van der Waals surface area contributed by atoms with Crippen LogP contribution >= 0.6 is 0 Å². The number of pyridine rings is 1. The normalized spacial score (nSPS) is 17.5. The lowest BCUT2D eigenvalue weighted by Gasteiger charge is -2.35. The van der Waals surface area contributed by atoms with Gasteiger partial charge in [0.25, 0.3) is 0 Å². The van der Waals surface area contributed by atoms with Crippen molar-refractivity contribution in [3.8, 4) is 0 Å². The third kappa shape index (κ3) is 5.21. The number of piperidine rings is 1.